The van der Waals surface area contributed by atoms with E-state index in [1.54, 1.807) is 16.8 Å². The highest BCUT2D eigenvalue weighted by Crippen LogP contribution is 2.27. The lowest BCUT2D eigenvalue weighted by atomic mass is 9.90. The van der Waals surface area contributed by atoms with Crippen molar-refractivity contribution in [3.05, 3.63) is 41.2 Å². The number of ether oxygens (including phenoxy) is 1. The number of hydrogen-bond donors (Lipinski definition) is 1. The van der Waals surface area contributed by atoms with Crippen LogP contribution in [0.15, 0.2) is 24.3 Å². The van der Waals surface area contributed by atoms with Crippen LogP contribution in [0.1, 0.15) is 56.4 Å². The van der Waals surface area contributed by atoms with E-state index in [9.17, 15) is 4.79 Å². The van der Waals surface area contributed by atoms with E-state index < -0.39 is 0 Å². The Morgan fingerprint density at radius 3 is 2.61 bits per heavy atom. The molecule has 1 heterocycles. The van der Waals surface area contributed by atoms with E-state index in [1.165, 1.54) is 0 Å². The fourth-order valence-electron chi connectivity index (χ4n) is 2.43. The van der Waals surface area contributed by atoms with Crippen LogP contribution >= 0.6 is 0 Å². The van der Waals surface area contributed by atoms with Crippen molar-refractivity contribution in [2.24, 2.45) is 5.73 Å². The highest BCUT2D eigenvalue weighted by atomic mass is 16.5. The predicted octanol–water partition coefficient (Wildman–Crippen LogP) is 2.59. The van der Waals surface area contributed by atoms with Crippen molar-refractivity contribution >= 4 is 5.97 Å². The van der Waals surface area contributed by atoms with Gasteiger partial charge in [-0.2, -0.15) is 0 Å². The molecule has 0 atom stereocenters. The van der Waals surface area contributed by atoms with Gasteiger partial charge in [0.1, 0.15) is 5.69 Å². The third-order valence-corrected chi connectivity index (χ3v) is 3.31. The lowest BCUT2D eigenvalue weighted by Gasteiger charge is -2.21. The molecule has 0 bridgehead atoms. The Bertz CT molecular complexity index is 699. The zero-order valence-electron chi connectivity index (χ0n) is 14.3. The fraction of sp³-hybridized carbons (Fsp3) is 0.471. The Labute approximate surface area is 136 Å². The van der Waals surface area contributed by atoms with Crippen LogP contribution in [-0.4, -0.2) is 27.1 Å². The summed E-state index contributed by atoms with van der Waals surface area (Å²) in [5, 5.41) is 8.39. The number of nitrogens with two attached hydrogens (primary N) is 1. The second-order valence-corrected chi connectivity index (χ2v) is 6.76. The van der Waals surface area contributed by atoms with Gasteiger partial charge in [-0.05, 0) is 32.0 Å². The van der Waals surface area contributed by atoms with Crippen LogP contribution < -0.4 is 5.73 Å². The molecule has 0 saturated carbocycles. The molecule has 0 aliphatic heterocycles. The largest absolute Gasteiger partial charge is 0.459 e. The maximum atomic E-state index is 12.1. The highest BCUT2D eigenvalue weighted by molar-refractivity contribution is 5.90. The molecular weight excluding hydrogens is 292 g/mol. The SMILES string of the molecule is CC(C)OC(=O)c1cccc(-n2nnc(CN)c2C(C)(C)C)c1. The van der Waals surface area contributed by atoms with Crippen molar-refractivity contribution < 1.29 is 9.53 Å². The number of benzene rings is 1. The molecule has 2 rings (SSSR count). The van der Waals surface area contributed by atoms with Crippen molar-refractivity contribution in [3.8, 4) is 5.69 Å². The minimum atomic E-state index is -0.349. The van der Waals surface area contributed by atoms with E-state index in [-0.39, 0.29) is 17.5 Å². The summed E-state index contributed by atoms with van der Waals surface area (Å²) < 4.78 is 6.99. The van der Waals surface area contributed by atoms with Crippen LogP contribution in [0.25, 0.3) is 5.69 Å². The summed E-state index contributed by atoms with van der Waals surface area (Å²) in [4.78, 5) is 12.1. The number of hydrogen-bond acceptors (Lipinski definition) is 5. The number of nitrogens with zero attached hydrogens (tertiary/aromatic N) is 3. The summed E-state index contributed by atoms with van der Waals surface area (Å²) in [5.41, 5.74) is 8.56. The van der Waals surface area contributed by atoms with Gasteiger partial charge in [0.2, 0.25) is 0 Å². The van der Waals surface area contributed by atoms with Crippen molar-refractivity contribution in [2.75, 3.05) is 0 Å². The monoisotopic (exact) mass is 316 g/mol. The Morgan fingerprint density at radius 2 is 2.04 bits per heavy atom. The van der Waals surface area contributed by atoms with Gasteiger partial charge >= 0.3 is 5.97 Å². The maximum Gasteiger partial charge on any atom is 0.338 e. The van der Waals surface area contributed by atoms with Crippen molar-refractivity contribution in [3.63, 3.8) is 0 Å². The molecule has 6 heteroatoms. The van der Waals surface area contributed by atoms with Gasteiger partial charge in [-0.1, -0.05) is 32.1 Å². The average Bonchev–Trinajstić information content (AvgIpc) is 2.90. The molecule has 2 N–H and O–H groups in total. The predicted molar refractivity (Wildman–Crippen MR) is 88.5 cm³/mol. The number of esters is 1. The van der Waals surface area contributed by atoms with E-state index in [2.05, 4.69) is 31.1 Å². The Balaban J connectivity index is 2.48. The third kappa shape index (κ3) is 3.76. The van der Waals surface area contributed by atoms with Crippen LogP contribution in [-0.2, 0) is 16.7 Å². The van der Waals surface area contributed by atoms with E-state index >= 15 is 0 Å². The van der Waals surface area contributed by atoms with Crippen LogP contribution in [0, 0.1) is 0 Å². The van der Waals surface area contributed by atoms with Gasteiger partial charge in [0.05, 0.1) is 23.0 Å². The molecule has 23 heavy (non-hydrogen) atoms. The highest BCUT2D eigenvalue weighted by Gasteiger charge is 2.25. The van der Waals surface area contributed by atoms with Gasteiger partial charge < -0.3 is 10.5 Å². The molecule has 0 spiro atoms. The molecule has 1 aromatic carbocycles. The molecule has 0 saturated heterocycles. The zero-order chi connectivity index (χ0) is 17.2. The first-order valence-electron chi connectivity index (χ1n) is 7.70. The van der Waals surface area contributed by atoms with Crippen molar-refractivity contribution in [1.29, 1.82) is 0 Å². The summed E-state index contributed by atoms with van der Waals surface area (Å²) in [5.74, 6) is -0.349. The minimum absolute atomic E-state index is 0.161. The second-order valence-electron chi connectivity index (χ2n) is 6.76. The first-order chi connectivity index (χ1) is 10.7. The molecule has 0 unspecified atom stereocenters. The van der Waals surface area contributed by atoms with Gasteiger partial charge in [0, 0.05) is 12.0 Å². The molecule has 124 valence electrons. The molecule has 6 nitrogen and oxygen atoms in total. The molecule has 0 radical (unpaired) electrons. The topological polar surface area (TPSA) is 83.0 Å². The number of aromatic nitrogens is 3. The maximum absolute atomic E-state index is 12.1. The molecular formula is C17H24N4O2. The average molecular weight is 316 g/mol. The van der Waals surface area contributed by atoms with Gasteiger partial charge in [0.25, 0.3) is 0 Å². The van der Waals surface area contributed by atoms with Crippen LogP contribution in [0.2, 0.25) is 0 Å². The summed E-state index contributed by atoms with van der Waals surface area (Å²) >= 11 is 0. The number of rotatable bonds is 4. The summed E-state index contributed by atoms with van der Waals surface area (Å²) in [7, 11) is 0. The molecule has 2 aromatic rings. The molecule has 0 amide bonds. The summed E-state index contributed by atoms with van der Waals surface area (Å²) in [6.45, 7) is 10.2. The van der Waals surface area contributed by atoms with Gasteiger partial charge in [-0.15, -0.1) is 5.10 Å². The van der Waals surface area contributed by atoms with Gasteiger partial charge in [0.15, 0.2) is 0 Å². The molecule has 1 aromatic heterocycles. The Hall–Kier alpha value is -2.21. The van der Waals surface area contributed by atoms with Gasteiger partial charge in [-0.3, -0.25) is 0 Å². The van der Waals surface area contributed by atoms with E-state index in [0.29, 0.717) is 12.1 Å². The lowest BCUT2D eigenvalue weighted by Crippen LogP contribution is -2.21. The Kier molecular flexibility index (Phi) is 4.85. The van der Waals surface area contributed by atoms with E-state index in [0.717, 1.165) is 17.1 Å². The first-order valence-corrected chi connectivity index (χ1v) is 7.70. The quantitative estimate of drug-likeness (QED) is 0.877. The normalized spacial score (nSPS) is 11.8. The van der Waals surface area contributed by atoms with Crippen LogP contribution in [0.5, 0.6) is 0 Å². The smallest absolute Gasteiger partial charge is 0.338 e. The molecule has 0 aliphatic rings. The van der Waals surface area contributed by atoms with E-state index in [1.807, 2.05) is 26.0 Å². The lowest BCUT2D eigenvalue weighted by molar-refractivity contribution is 0.0378. The Morgan fingerprint density at radius 1 is 1.35 bits per heavy atom. The van der Waals surface area contributed by atoms with Crippen molar-refractivity contribution in [2.45, 2.75) is 52.7 Å². The number of carbonyl (C=O) groups is 1. The van der Waals surface area contributed by atoms with Crippen LogP contribution in [0.4, 0.5) is 0 Å². The standard InChI is InChI=1S/C17H24N4O2/c1-11(2)23-16(22)12-7-6-8-13(9-12)21-15(17(3,4)5)14(10-18)19-20-21/h6-9,11H,10,18H2,1-5H3. The summed E-state index contributed by atoms with van der Waals surface area (Å²) in [6.07, 6.45) is -0.161. The minimum Gasteiger partial charge on any atom is -0.459 e. The first kappa shape index (κ1) is 17.1. The number of carbonyl (C=O) groups excluding carboxylic acids is 1. The van der Waals surface area contributed by atoms with E-state index in [4.69, 9.17) is 10.5 Å². The zero-order valence-corrected chi connectivity index (χ0v) is 14.3. The fourth-order valence-corrected chi connectivity index (χ4v) is 2.43. The van der Waals surface area contributed by atoms with Crippen LogP contribution in [0.3, 0.4) is 0 Å². The molecule has 0 fully saturated rings. The molecule has 0 aliphatic carbocycles. The van der Waals surface area contributed by atoms with Gasteiger partial charge in [-0.25, -0.2) is 9.48 Å². The second kappa shape index (κ2) is 6.50. The third-order valence-electron chi connectivity index (χ3n) is 3.31. The van der Waals surface area contributed by atoms with Crippen molar-refractivity contribution in [1.82, 2.24) is 15.0 Å². The summed E-state index contributed by atoms with van der Waals surface area (Å²) in [6, 6.07) is 7.18.